The predicted octanol–water partition coefficient (Wildman–Crippen LogP) is 4.20. The van der Waals surface area contributed by atoms with Crippen molar-refractivity contribution < 1.29 is 8.81 Å². The molecule has 21 heavy (non-hydrogen) atoms. The van der Waals surface area contributed by atoms with Crippen LogP contribution in [0.15, 0.2) is 51.4 Å². The van der Waals surface area contributed by atoms with Gasteiger partial charge in [-0.3, -0.25) is 5.84 Å². The number of furan rings is 1. The van der Waals surface area contributed by atoms with Gasteiger partial charge < -0.3 is 4.42 Å². The number of aryl methyl sites for hydroxylation is 1. The Hall–Kier alpha value is -1.69. The SMILES string of the molecule is Cc1cccc(C(NN)c2cc3cccc(F)c3o2)c1Br. The number of fused-ring (bicyclic) bond motifs is 1. The van der Waals surface area contributed by atoms with E-state index >= 15 is 0 Å². The summed E-state index contributed by atoms with van der Waals surface area (Å²) >= 11 is 3.57. The van der Waals surface area contributed by atoms with Gasteiger partial charge in [0.15, 0.2) is 11.4 Å². The summed E-state index contributed by atoms with van der Waals surface area (Å²) in [6, 6.07) is 12.2. The molecule has 5 heteroatoms. The van der Waals surface area contributed by atoms with Crippen LogP contribution in [0.25, 0.3) is 11.0 Å². The third-order valence-corrected chi connectivity index (χ3v) is 4.58. The van der Waals surface area contributed by atoms with Gasteiger partial charge in [-0.2, -0.15) is 0 Å². The molecule has 0 aliphatic heterocycles. The van der Waals surface area contributed by atoms with Gasteiger partial charge in [0.05, 0.1) is 0 Å². The molecule has 3 aromatic rings. The van der Waals surface area contributed by atoms with Crippen molar-refractivity contribution in [1.29, 1.82) is 0 Å². The Morgan fingerprint density at radius 2 is 2.00 bits per heavy atom. The molecule has 3 nitrogen and oxygen atoms in total. The first-order valence-corrected chi connectivity index (χ1v) is 7.30. The smallest absolute Gasteiger partial charge is 0.169 e. The third-order valence-electron chi connectivity index (χ3n) is 3.50. The Morgan fingerprint density at radius 3 is 2.71 bits per heavy atom. The van der Waals surface area contributed by atoms with Crippen molar-refractivity contribution in [1.82, 2.24) is 5.43 Å². The molecule has 2 aromatic carbocycles. The van der Waals surface area contributed by atoms with Crippen LogP contribution >= 0.6 is 15.9 Å². The van der Waals surface area contributed by atoms with E-state index in [1.807, 2.05) is 31.2 Å². The average molecular weight is 349 g/mol. The predicted molar refractivity (Wildman–Crippen MR) is 84.2 cm³/mol. The first kappa shape index (κ1) is 14.3. The molecule has 3 rings (SSSR count). The van der Waals surface area contributed by atoms with E-state index in [0.29, 0.717) is 11.1 Å². The molecule has 1 aromatic heterocycles. The van der Waals surface area contributed by atoms with Gasteiger partial charge >= 0.3 is 0 Å². The van der Waals surface area contributed by atoms with Crippen LogP contribution in [-0.2, 0) is 0 Å². The molecule has 0 saturated carbocycles. The van der Waals surface area contributed by atoms with Crippen molar-refractivity contribution in [3.05, 3.63) is 69.6 Å². The molecular weight excluding hydrogens is 335 g/mol. The normalized spacial score (nSPS) is 12.8. The zero-order chi connectivity index (χ0) is 15.0. The lowest BCUT2D eigenvalue weighted by Gasteiger charge is -2.16. The minimum Gasteiger partial charge on any atom is -0.456 e. The number of halogens is 2. The van der Waals surface area contributed by atoms with Gasteiger partial charge in [0.2, 0.25) is 0 Å². The number of hydrogen-bond acceptors (Lipinski definition) is 3. The summed E-state index contributed by atoms with van der Waals surface area (Å²) < 4.78 is 20.4. The number of nitrogens with two attached hydrogens (primary N) is 1. The lowest BCUT2D eigenvalue weighted by atomic mass is 10.0. The maximum Gasteiger partial charge on any atom is 0.169 e. The van der Waals surface area contributed by atoms with Crippen LogP contribution in [0.1, 0.15) is 22.9 Å². The van der Waals surface area contributed by atoms with Gasteiger partial charge in [0.1, 0.15) is 11.8 Å². The van der Waals surface area contributed by atoms with Gasteiger partial charge in [0.25, 0.3) is 0 Å². The van der Waals surface area contributed by atoms with E-state index in [9.17, 15) is 4.39 Å². The molecule has 0 radical (unpaired) electrons. The van der Waals surface area contributed by atoms with Crippen LogP contribution in [0, 0.1) is 12.7 Å². The molecule has 0 amide bonds. The van der Waals surface area contributed by atoms with E-state index < -0.39 is 0 Å². The van der Waals surface area contributed by atoms with Crippen molar-refractivity contribution in [3.8, 4) is 0 Å². The molecule has 0 aliphatic rings. The summed E-state index contributed by atoms with van der Waals surface area (Å²) in [5.74, 6) is 5.89. The van der Waals surface area contributed by atoms with E-state index in [1.54, 1.807) is 12.1 Å². The minimum absolute atomic E-state index is 0.247. The van der Waals surface area contributed by atoms with Crippen LogP contribution in [0.4, 0.5) is 4.39 Å². The molecule has 0 bridgehead atoms. The van der Waals surface area contributed by atoms with Crippen LogP contribution in [0.2, 0.25) is 0 Å². The van der Waals surface area contributed by atoms with Crippen molar-refractivity contribution in [2.75, 3.05) is 0 Å². The Kier molecular flexibility index (Phi) is 3.80. The molecule has 0 spiro atoms. The molecule has 1 atom stereocenters. The first-order chi connectivity index (χ1) is 10.1. The fourth-order valence-corrected chi connectivity index (χ4v) is 2.90. The molecule has 0 saturated heterocycles. The summed E-state index contributed by atoms with van der Waals surface area (Å²) in [4.78, 5) is 0. The minimum atomic E-state index is -0.377. The summed E-state index contributed by atoms with van der Waals surface area (Å²) in [5, 5.41) is 0.717. The number of rotatable bonds is 3. The summed E-state index contributed by atoms with van der Waals surface area (Å²) in [6.07, 6.45) is 0. The van der Waals surface area contributed by atoms with Crippen molar-refractivity contribution >= 4 is 26.9 Å². The fourth-order valence-electron chi connectivity index (χ4n) is 2.41. The van der Waals surface area contributed by atoms with Crippen LogP contribution in [0.3, 0.4) is 0 Å². The van der Waals surface area contributed by atoms with Crippen molar-refractivity contribution in [2.24, 2.45) is 5.84 Å². The second-order valence-corrected chi connectivity index (χ2v) is 5.68. The van der Waals surface area contributed by atoms with E-state index in [-0.39, 0.29) is 17.4 Å². The maximum absolute atomic E-state index is 13.8. The molecule has 1 heterocycles. The molecule has 1 unspecified atom stereocenters. The quantitative estimate of drug-likeness (QED) is 0.551. The second kappa shape index (κ2) is 5.60. The van der Waals surface area contributed by atoms with E-state index in [4.69, 9.17) is 10.3 Å². The second-order valence-electron chi connectivity index (χ2n) is 4.88. The van der Waals surface area contributed by atoms with Crippen LogP contribution in [-0.4, -0.2) is 0 Å². The lowest BCUT2D eigenvalue weighted by molar-refractivity contribution is 0.464. The highest BCUT2D eigenvalue weighted by atomic mass is 79.9. The van der Waals surface area contributed by atoms with Gasteiger partial charge in [-0.1, -0.05) is 46.3 Å². The first-order valence-electron chi connectivity index (χ1n) is 6.51. The number of hydrogen-bond donors (Lipinski definition) is 2. The number of para-hydroxylation sites is 1. The largest absolute Gasteiger partial charge is 0.456 e. The number of nitrogens with one attached hydrogen (secondary N) is 1. The molecular formula is C16H14BrFN2O. The van der Waals surface area contributed by atoms with E-state index in [1.165, 1.54) is 6.07 Å². The number of benzene rings is 2. The van der Waals surface area contributed by atoms with Crippen molar-refractivity contribution in [3.63, 3.8) is 0 Å². The van der Waals surface area contributed by atoms with Gasteiger partial charge in [-0.25, -0.2) is 9.82 Å². The molecule has 3 N–H and O–H groups in total. The Bertz CT molecular complexity index is 800. The standard InChI is InChI=1S/C16H14BrFN2O/c1-9-4-2-6-11(14(9)17)15(20-19)13-8-10-5-3-7-12(18)16(10)21-13/h2-8,15,20H,19H2,1H3. The topological polar surface area (TPSA) is 51.2 Å². The highest BCUT2D eigenvalue weighted by molar-refractivity contribution is 9.10. The van der Waals surface area contributed by atoms with Gasteiger partial charge in [-0.05, 0) is 30.2 Å². The van der Waals surface area contributed by atoms with Crippen LogP contribution in [0.5, 0.6) is 0 Å². The summed E-state index contributed by atoms with van der Waals surface area (Å²) in [7, 11) is 0. The number of hydrazine groups is 1. The summed E-state index contributed by atoms with van der Waals surface area (Å²) in [5.41, 5.74) is 5.02. The average Bonchev–Trinajstić information content (AvgIpc) is 2.89. The highest BCUT2D eigenvalue weighted by Gasteiger charge is 2.21. The highest BCUT2D eigenvalue weighted by Crippen LogP contribution is 2.33. The summed E-state index contributed by atoms with van der Waals surface area (Å²) in [6.45, 7) is 2.00. The zero-order valence-corrected chi connectivity index (χ0v) is 12.9. The van der Waals surface area contributed by atoms with Crippen LogP contribution < -0.4 is 11.3 Å². The molecule has 108 valence electrons. The Morgan fingerprint density at radius 1 is 1.24 bits per heavy atom. The third kappa shape index (κ3) is 2.48. The van der Waals surface area contributed by atoms with Crippen molar-refractivity contribution in [2.45, 2.75) is 13.0 Å². The lowest BCUT2D eigenvalue weighted by Crippen LogP contribution is -2.28. The fraction of sp³-hybridized carbons (Fsp3) is 0.125. The molecule has 0 aliphatic carbocycles. The molecule has 0 fully saturated rings. The Labute approximate surface area is 130 Å². The zero-order valence-electron chi connectivity index (χ0n) is 11.4. The van der Waals surface area contributed by atoms with E-state index in [2.05, 4.69) is 21.4 Å². The Balaban J connectivity index is 2.14. The van der Waals surface area contributed by atoms with E-state index in [0.717, 1.165) is 15.6 Å². The van der Waals surface area contributed by atoms with Gasteiger partial charge in [-0.15, -0.1) is 0 Å². The maximum atomic E-state index is 13.8. The monoisotopic (exact) mass is 348 g/mol. The van der Waals surface area contributed by atoms with Gasteiger partial charge in [0, 0.05) is 9.86 Å².